The van der Waals surface area contributed by atoms with Gasteiger partial charge in [-0.1, -0.05) is 31.1 Å². The Morgan fingerprint density at radius 1 is 1.18 bits per heavy atom. The standard InChI is InChI=1S/C27H31F2N7O3/c1-14(2)35-23-21(22(30)31-13-32-23)36(25(35)38)18-8-6-16(7-9-18)15(3)24(37)33-20-10-19(34-39-20)26(4,5)17-11-27(28,29)12-17/h6-10,13-15,17H,11-12H2,1-5H3,(H,33,37)(H2,30,31,32). The minimum atomic E-state index is -2.63. The Labute approximate surface area is 223 Å². The lowest BCUT2D eigenvalue weighted by atomic mass is 9.64. The molecule has 1 fully saturated rings. The lowest BCUT2D eigenvalue weighted by Gasteiger charge is -2.44. The van der Waals surface area contributed by atoms with Crippen molar-refractivity contribution in [1.82, 2.24) is 24.3 Å². The van der Waals surface area contributed by atoms with Crippen molar-refractivity contribution >= 4 is 28.8 Å². The van der Waals surface area contributed by atoms with Gasteiger partial charge >= 0.3 is 5.69 Å². The average Bonchev–Trinajstić information content (AvgIpc) is 3.45. The number of rotatable bonds is 7. The molecule has 3 N–H and O–H groups in total. The molecule has 4 aromatic rings. The van der Waals surface area contributed by atoms with Crippen molar-refractivity contribution in [3.05, 3.63) is 58.4 Å². The van der Waals surface area contributed by atoms with Gasteiger partial charge in [-0.2, -0.15) is 0 Å². The van der Waals surface area contributed by atoms with Gasteiger partial charge in [-0.25, -0.2) is 23.5 Å². The first-order valence-corrected chi connectivity index (χ1v) is 12.8. The smallest absolute Gasteiger partial charge is 0.335 e. The number of hydrogen-bond acceptors (Lipinski definition) is 7. The van der Waals surface area contributed by atoms with Crippen LogP contribution in [0.25, 0.3) is 16.9 Å². The Kier molecular flexibility index (Phi) is 6.31. The third-order valence-corrected chi connectivity index (χ3v) is 7.77. The highest BCUT2D eigenvalue weighted by atomic mass is 19.3. The molecule has 1 aromatic carbocycles. The number of hydrogen-bond donors (Lipinski definition) is 2. The number of aromatic nitrogens is 5. The van der Waals surface area contributed by atoms with Crippen LogP contribution in [0.5, 0.6) is 0 Å². The number of benzene rings is 1. The van der Waals surface area contributed by atoms with Crippen LogP contribution in [0, 0.1) is 5.92 Å². The molecular formula is C27H31F2N7O3. The normalized spacial score (nSPS) is 16.4. The number of carbonyl (C=O) groups excluding carboxylic acids is 1. The minimum absolute atomic E-state index is 0.143. The average molecular weight is 540 g/mol. The highest BCUT2D eigenvalue weighted by Crippen LogP contribution is 2.51. The molecule has 1 atom stereocenters. The maximum absolute atomic E-state index is 13.4. The molecule has 0 saturated heterocycles. The molecule has 3 aromatic heterocycles. The van der Waals surface area contributed by atoms with Gasteiger partial charge in [0.2, 0.25) is 17.7 Å². The van der Waals surface area contributed by atoms with Crippen LogP contribution in [-0.2, 0) is 10.2 Å². The molecule has 3 heterocycles. The van der Waals surface area contributed by atoms with Gasteiger partial charge < -0.3 is 10.3 Å². The van der Waals surface area contributed by atoms with Crippen LogP contribution in [0.2, 0.25) is 0 Å². The van der Waals surface area contributed by atoms with Crippen molar-refractivity contribution in [3.8, 4) is 5.69 Å². The SMILES string of the molecule is CC(C(=O)Nc1cc(C(C)(C)C2CC(F)(F)C2)no1)c1ccc(-n2c(=O)n(C(C)C)c3ncnc(N)c32)cc1. The number of nitrogen functional groups attached to an aromatic ring is 1. The lowest BCUT2D eigenvalue weighted by molar-refractivity contribution is -0.129. The lowest BCUT2D eigenvalue weighted by Crippen LogP contribution is -2.45. The third-order valence-electron chi connectivity index (χ3n) is 7.77. The van der Waals surface area contributed by atoms with Crippen LogP contribution >= 0.6 is 0 Å². The highest BCUT2D eigenvalue weighted by Gasteiger charge is 2.52. The fourth-order valence-electron chi connectivity index (χ4n) is 5.08. The van der Waals surface area contributed by atoms with Gasteiger partial charge in [-0.05, 0) is 44.4 Å². The Morgan fingerprint density at radius 3 is 2.46 bits per heavy atom. The summed E-state index contributed by atoms with van der Waals surface area (Å²) in [6.45, 7) is 9.22. The molecule has 1 saturated carbocycles. The van der Waals surface area contributed by atoms with E-state index in [4.69, 9.17) is 10.3 Å². The zero-order valence-corrected chi connectivity index (χ0v) is 22.4. The zero-order valence-electron chi connectivity index (χ0n) is 22.4. The summed E-state index contributed by atoms with van der Waals surface area (Å²) in [6, 6.07) is 8.44. The maximum atomic E-state index is 13.4. The van der Waals surface area contributed by atoms with Gasteiger partial charge in [0.15, 0.2) is 11.5 Å². The van der Waals surface area contributed by atoms with Crippen LogP contribution < -0.4 is 16.7 Å². The maximum Gasteiger partial charge on any atom is 0.335 e. The van der Waals surface area contributed by atoms with Crippen LogP contribution in [0.3, 0.4) is 0 Å². The number of carbonyl (C=O) groups is 1. The molecule has 5 rings (SSSR count). The van der Waals surface area contributed by atoms with Crippen LogP contribution in [0.15, 0.2) is 46.0 Å². The minimum Gasteiger partial charge on any atom is -0.382 e. The summed E-state index contributed by atoms with van der Waals surface area (Å²) in [7, 11) is 0. The van der Waals surface area contributed by atoms with Crippen molar-refractivity contribution < 1.29 is 18.1 Å². The fraction of sp³-hybridized carbons (Fsp3) is 0.444. The second-order valence-electron chi connectivity index (χ2n) is 11.1. The number of alkyl halides is 2. The molecule has 0 spiro atoms. The van der Waals surface area contributed by atoms with Crippen molar-refractivity contribution in [2.24, 2.45) is 5.92 Å². The number of nitrogens with zero attached hydrogens (tertiary/aromatic N) is 5. The first-order valence-electron chi connectivity index (χ1n) is 12.8. The van der Waals surface area contributed by atoms with E-state index in [1.165, 1.54) is 10.9 Å². The van der Waals surface area contributed by atoms with E-state index in [2.05, 4.69) is 20.4 Å². The van der Waals surface area contributed by atoms with E-state index in [0.29, 0.717) is 28.1 Å². The van der Waals surface area contributed by atoms with Gasteiger partial charge in [-0.15, -0.1) is 0 Å². The molecule has 1 aliphatic carbocycles. The van der Waals surface area contributed by atoms with E-state index in [1.807, 2.05) is 27.7 Å². The van der Waals surface area contributed by atoms with Crippen molar-refractivity contribution in [2.75, 3.05) is 11.1 Å². The quantitative estimate of drug-likeness (QED) is 0.345. The van der Waals surface area contributed by atoms with Crippen LogP contribution in [0.4, 0.5) is 20.5 Å². The van der Waals surface area contributed by atoms with Crippen molar-refractivity contribution in [1.29, 1.82) is 0 Å². The van der Waals surface area contributed by atoms with Gasteiger partial charge in [0.1, 0.15) is 11.8 Å². The van der Waals surface area contributed by atoms with E-state index < -0.39 is 17.3 Å². The van der Waals surface area contributed by atoms with E-state index in [1.54, 1.807) is 41.8 Å². The Balaban J connectivity index is 1.34. The predicted molar refractivity (Wildman–Crippen MR) is 142 cm³/mol. The third kappa shape index (κ3) is 4.57. The molecule has 12 heteroatoms. The molecule has 1 unspecified atom stereocenters. The summed E-state index contributed by atoms with van der Waals surface area (Å²) < 4.78 is 35.1. The number of nitrogens with one attached hydrogen (secondary N) is 1. The summed E-state index contributed by atoms with van der Waals surface area (Å²) in [5.41, 5.74) is 7.86. The topological polar surface area (TPSA) is 134 Å². The second kappa shape index (κ2) is 9.28. The van der Waals surface area contributed by atoms with Gasteiger partial charge in [0.25, 0.3) is 0 Å². The monoisotopic (exact) mass is 539 g/mol. The largest absolute Gasteiger partial charge is 0.382 e. The fourth-order valence-corrected chi connectivity index (χ4v) is 5.08. The second-order valence-corrected chi connectivity index (χ2v) is 11.1. The van der Waals surface area contributed by atoms with Crippen LogP contribution in [-0.4, -0.2) is 36.1 Å². The number of imidazole rings is 1. The Hall–Kier alpha value is -4.09. The summed E-state index contributed by atoms with van der Waals surface area (Å²) in [5.74, 6) is -3.40. The molecule has 39 heavy (non-hydrogen) atoms. The number of amides is 1. The number of fused-ring (bicyclic) bond motifs is 1. The first kappa shape index (κ1) is 26.5. The molecule has 10 nitrogen and oxygen atoms in total. The number of nitrogens with two attached hydrogens (primary N) is 1. The first-order chi connectivity index (χ1) is 18.3. The summed E-state index contributed by atoms with van der Waals surface area (Å²) in [6.07, 6.45) is 0.949. The zero-order chi connectivity index (χ0) is 28.3. The number of halogens is 2. The highest BCUT2D eigenvalue weighted by molar-refractivity contribution is 5.94. The van der Waals surface area contributed by atoms with E-state index in [9.17, 15) is 18.4 Å². The van der Waals surface area contributed by atoms with Gasteiger partial charge in [0.05, 0.1) is 17.3 Å². The Bertz CT molecular complexity index is 1590. The van der Waals surface area contributed by atoms with E-state index in [-0.39, 0.29) is 48.1 Å². The molecule has 0 aliphatic heterocycles. The molecule has 0 bridgehead atoms. The molecule has 1 aliphatic rings. The van der Waals surface area contributed by atoms with Crippen molar-refractivity contribution in [2.45, 2.75) is 70.8 Å². The summed E-state index contributed by atoms with van der Waals surface area (Å²) in [4.78, 5) is 34.6. The summed E-state index contributed by atoms with van der Waals surface area (Å²) in [5, 5.41) is 6.75. The van der Waals surface area contributed by atoms with Gasteiger partial charge in [0, 0.05) is 30.4 Å². The number of anilines is 2. The molecule has 1 amide bonds. The van der Waals surface area contributed by atoms with Crippen LogP contribution in [0.1, 0.15) is 70.7 Å². The Morgan fingerprint density at radius 2 is 1.85 bits per heavy atom. The predicted octanol–water partition coefficient (Wildman–Crippen LogP) is 4.80. The van der Waals surface area contributed by atoms with E-state index >= 15 is 0 Å². The molecule has 0 radical (unpaired) electrons. The van der Waals surface area contributed by atoms with Crippen molar-refractivity contribution in [3.63, 3.8) is 0 Å². The summed E-state index contributed by atoms with van der Waals surface area (Å²) >= 11 is 0. The molecular weight excluding hydrogens is 508 g/mol. The van der Waals surface area contributed by atoms with Gasteiger partial charge in [-0.3, -0.25) is 19.2 Å². The molecule has 206 valence electrons. The van der Waals surface area contributed by atoms with E-state index in [0.717, 1.165) is 0 Å².